The molecule has 2 saturated heterocycles. The van der Waals surface area contributed by atoms with Crippen LogP contribution in [0.2, 0.25) is 0 Å². The fraction of sp³-hybridized carbons (Fsp3) is 0.909. The van der Waals surface area contributed by atoms with Crippen LogP contribution in [0.15, 0.2) is 0 Å². The number of rotatable bonds is 1. The minimum Gasteiger partial charge on any atom is -0.336 e. The van der Waals surface area contributed by atoms with Crippen LogP contribution in [-0.4, -0.2) is 35.5 Å². The molecule has 0 aromatic rings. The standard InChI is InChI=1S/C11H20N2O.ClH/c1-11(2)6-8-13(11)10(14)9-5-3-4-7-12-9;/h9,12H,3-8H2,1-2H3;1H/t9-;/m1./s1. The lowest BCUT2D eigenvalue weighted by molar-refractivity contribution is -0.147. The Morgan fingerprint density at radius 3 is 2.53 bits per heavy atom. The Bertz CT molecular complexity index is 237. The van der Waals surface area contributed by atoms with Crippen LogP contribution < -0.4 is 5.32 Å². The summed E-state index contributed by atoms with van der Waals surface area (Å²) >= 11 is 0. The summed E-state index contributed by atoms with van der Waals surface area (Å²) in [6.45, 7) is 6.25. The van der Waals surface area contributed by atoms with E-state index in [0.717, 1.165) is 25.9 Å². The molecule has 15 heavy (non-hydrogen) atoms. The van der Waals surface area contributed by atoms with Gasteiger partial charge in [0.2, 0.25) is 5.91 Å². The van der Waals surface area contributed by atoms with Crippen LogP contribution in [0.25, 0.3) is 0 Å². The van der Waals surface area contributed by atoms with Crippen molar-refractivity contribution in [1.29, 1.82) is 0 Å². The van der Waals surface area contributed by atoms with Crippen molar-refractivity contribution >= 4 is 18.3 Å². The third-order valence-corrected chi connectivity index (χ3v) is 3.55. The van der Waals surface area contributed by atoms with E-state index in [4.69, 9.17) is 0 Å². The Kier molecular flexibility index (Phi) is 4.01. The molecule has 3 nitrogen and oxygen atoms in total. The van der Waals surface area contributed by atoms with Gasteiger partial charge in [0.1, 0.15) is 0 Å². The molecule has 0 bridgehead atoms. The van der Waals surface area contributed by atoms with E-state index in [1.54, 1.807) is 0 Å². The number of hydrogen-bond donors (Lipinski definition) is 1. The number of halogens is 1. The zero-order valence-corrected chi connectivity index (χ0v) is 10.4. The normalized spacial score (nSPS) is 28.9. The van der Waals surface area contributed by atoms with Gasteiger partial charge in [-0.1, -0.05) is 6.42 Å². The molecule has 0 unspecified atom stereocenters. The number of hydrogen-bond acceptors (Lipinski definition) is 2. The third-order valence-electron chi connectivity index (χ3n) is 3.55. The average Bonchev–Trinajstić information content (AvgIpc) is 2.18. The molecule has 1 N–H and O–H groups in total. The van der Waals surface area contributed by atoms with E-state index in [-0.39, 0.29) is 24.0 Å². The lowest BCUT2D eigenvalue weighted by Crippen LogP contribution is -2.63. The van der Waals surface area contributed by atoms with Gasteiger partial charge < -0.3 is 10.2 Å². The molecule has 0 radical (unpaired) electrons. The molecule has 2 heterocycles. The van der Waals surface area contributed by atoms with Gasteiger partial charge in [0.15, 0.2) is 0 Å². The van der Waals surface area contributed by atoms with Crippen molar-refractivity contribution < 1.29 is 4.79 Å². The van der Waals surface area contributed by atoms with Gasteiger partial charge in [0.05, 0.1) is 6.04 Å². The Labute approximate surface area is 98.0 Å². The minimum atomic E-state index is 0. The lowest BCUT2D eigenvalue weighted by atomic mass is 9.87. The highest BCUT2D eigenvalue weighted by molar-refractivity contribution is 5.85. The Balaban J connectivity index is 0.00000112. The first-order chi connectivity index (χ1) is 6.61. The van der Waals surface area contributed by atoms with E-state index in [0.29, 0.717) is 5.91 Å². The van der Waals surface area contributed by atoms with E-state index < -0.39 is 0 Å². The molecular weight excluding hydrogens is 212 g/mol. The van der Waals surface area contributed by atoms with Crippen LogP contribution in [-0.2, 0) is 4.79 Å². The second kappa shape index (κ2) is 4.71. The van der Waals surface area contributed by atoms with Crippen molar-refractivity contribution in [2.75, 3.05) is 13.1 Å². The van der Waals surface area contributed by atoms with Crippen molar-refractivity contribution in [3.05, 3.63) is 0 Å². The predicted octanol–water partition coefficient (Wildman–Crippen LogP) is 1.56. The van der Waals surface area contributed by atoms with Gasteiger partial charge in [-0.3, -0.25) is 4.79 Å². The summed E-state index contributed by atoms with van der Waals surface area (Å²) in [6, 6.07) is 0.100. The quantitative estimate of drug-likeness (QED) is 0.744. The second-order valence-corrected chi connectivity index (χ2v) is 5.05. The number of carbonyl (C=O) groups is 1. The SMILES string of the molecule is CC1(C)CCN1C(=O)[C@H]1CCCCN1.Cl. The maximum absolute atomic E-state index is 12.1. The fourth-order valence-electron chi connectivity index (χ4n) is 2.33. The number of carbonyl (C=O) groups excluding carboxylic acids is 1. The molecule has 2 aliphatic rings. The fourth-order valence-corrected chi connectivity index (χ4v) is 2.33. The molecule has 0 saturated carbocycles. The molecular formula is C11H21ClN2O. The van der Waals surface area contributed by atoms with Crippen LogP contribution in [0.3, 0.4) is 0 Å². The number of nitrogens with zero attached hydrogens (tertiary/aromatic N) is 1. The van der Waals surface area contributed by atoms with Crippen molar-refractivity contribution in [1.82, 2.24) is 10.2 Å². The summed E-state index contributed by atoms with van der Waals surface area (Å²) in [5.74, 6) is 0.320. The molecule has 0 aliphatic carbocycles. The Morgan fingerprint density at radius 1 is 1.40 bits per heavy atom. The highest BCUT2D eigenvalue weighted by Crippen LogP contribution is 2.30. The summed E-state index contributed by atoms with van der Waals surface area (Å²) in [6.07, 6.45) is 4.57. The van der Waals surface area contributed by atoms with Gasteiger partial charge in [-0.05, 0) is 39.7 Å². The molecule has 2 fully saturated rings. The summed E-state index contributed by atoms with van der Waals surface area (Å²) in [5.41, 5.74) is 0.107. The molecule has 0 aromatic carbocycles. The zero-order chi connectivity index (χ0) is 10.2. The molecule has 0 spiro atoms. The van der Waals surface area contributed by atoms with Crippen LogP contribution in [0.4, 0.5) is 0 Å². The zero-order valence-electron chi connectivity index (χ0n) is 9.58. The number of likely N-dealkylation sites (tertiary alicyclic amines) is 1. The average molecular weight is 233 g/mol. The molecule has 0 aromatic heterocycles. The summed E-state index contributed by atoms with van der Waals surface area (Å²) in [4.78, 5) is 14.1. The van der Waals surface area contributed by atoms with Gasteiger partial charge in [0.25, 0.3) is 0 Å². The van der Waals surface area contributed by atoms with Crippen LogP contribution in [0, 0.1) is 0 Å². The van der Waals surface area contributed by atoms with E-state index in [1.165, 1.54) is 12.8 Å². The Morgan fingerprint density at radius 2 is 2.13 bits per heavy atom. The largest absolute Gasteiger partial charge is 0.336 e. The maximum Gasteiger partial charge on any atom is 0.240 e. The molecule has 2 aliphatic heterocycles. The van der Waals surface area contributed by atoms with Gasteiger partial charge in [-0.2, -0.15) is 0 Å². The number of piperidine rings is 1. The van der Waals surface area contributed by atoms with E-state index in [1.807, 2.05) is 4.90 Å². The van der Waals surface area contributed by atoms with E-state index in [2.05, 4.69) is 19.2 Å². The first-order valence-electron chi connectivity index (χ1n) is 5.66. The van der Waals surface area contributed by atoms with Crippen LogP contribution in [0.1, 0.15) is 39.5 Å². The highest BCUT2D eigenvalue weighted by atomic mass is 35.5. The summed E-state index contributed by atoms with van der Waals surface area (Å²) < 4.78 is 0. The summed E-state index contributed by atoms with van der Waals surface area (Å²) in [5, 5.41) is 3.31. The van der Waals surface area contributed by atoms with E-state index >= 15 is 0 Å². The van der Waals surface area contributed by atoms with Crippen molar-refractivity contribution in [2.45, 2.75) is 51.1 Å². The van der Waals surface area contributed by atoms with Gasteiger partial charge in [-0.15, -0.1) is 12.4 Å². The monoisotopic (exact) mass is 232 g/mol. The summed E-state index contributed by atoms with van der Waals surface area (Å²) in [7, 11) is 0. The first-order valence-corrected chi connectivity index (χ1v) is 5.66. The van der Waals surface area contributed by atoms with Gasteiger partial charge >= 0.3 is 0 Å². The molecule has 88 valence electrons. The predicted molar refractivity (Wildman–Crippen MR) is 63.3 cm³/mol. The van der Waals surface area contributed by atoms with Crippen molar-refractivity contribution in [3.63, 3.8) is 0 Å². The maximum atomic E-state index is 12.1. The van der Waals surface area contributed by atoms with Crippen molar-refractivity contribution in [3.8, 4) is 0 Å². The van der Waals surface area contributed by atoms with Crippen molar-refractivity contribution in [2.24, 2.45) is 0 Å². The lowest BCUT2D eigenvalue weighted by Gasteiger charge is -2.50. The van der Waals surface area contributed by atoms with Crippen LogP contribution >= 0.6 is 12.4 Å². The highest BCUT2D eigenvalue weighted by Gasteiger charge is 2.41. The van der Waals surface area contributed by atoms with Gasteiger partial charge in [0, 0.05) is 12.1 Å². The third kappa shape index (κ3) is 2.45. The smallest absolute Gasteiger partial charge is 0.240 e. The molecule has 2 rings (SSSR count). The number of amides is 1. The topological polar surface area (TPSA) is 32.3 Å². The number of nitrogens with one attached hydrogen (secondary N) is 1. The molecule has 1 atom stereocenters. The minimum absolute atomic E-state index is 0. The molecule has 4 heteroatoms. The Hall–Kier alpha value is -0.280. The van der Waals surface area contributed by atoms with E-state index in [9.17, 15) is 4.79 Å². The van der Waals surface area contributed by atoms with Crippen LogP contribution in [0.5, 0.6) is 0 Å². The second-order valence-electron chi connectivity index (χ2n) is 5.05. The van der Waals surface area contributed by atoms with Gasteiger partial charge in [-0.25, -0.2) is 0 Å². The molecule has 1 amide bonds. The first kappa shape index (κ1) is 12.8.